The van der Waals surface area contributed by atoms with Gasteiger partial charge in [-0.15, -0.1) is 0 Å². The fourth-order valence-corrected chi connectivity index (χ4v) is 4.89. The molecule has 37 heavy (non-hydrogen) atoms. The van der Waals surface area contributed by atoms with Gasteiger partial charge in [0.25, 0.3) is 0 Å². The van der Waals surface area contributed by atoms with Gasteiger partial charge in [-0.2, -0.15) is 0 Å². The smallest absolute Gasteiger partial charge is 0.326 e. The number of carboxylic acid groups (broad SMARTS) is 1. The number of aromatic amines is 1. The zero-order valence-corrected chi connectivity index (χ0v) is 22.0. The van der Waals surface area contributed by atoms with Gasteiger partial charge in [-0.1, -0.05) is 45.9 Å². The fraction of sp³-hybridized carbons (Fsp3) is 0.556. The highest BCUT2D eigenvalue weighted by molar-refractivity contribution is 5.95. The van der Waals surface area contributed by atoms with Crippen molar-refractivity contribution in [3.8, 4) is 0 Å². The van der Waals surface area contributed by atoms with Crippen molar-refractivity contribution in [3.63, 3.8) is 0 Å². The van der Waals surface area contributed by atoms with Gasteiger partial charge in [-0.25, -0.2) is 4.79 Å². The summed E-state index contributed by atoms with van der Waals surface area (Å²) in [5, 5.41) is 15.9. The van der Waals surface area contributed by atoms with E-state index in [1.54, 1.807) is 20.0 Å². The van der Waals surface area contributed by atoms with Crippen LogP contribution in [0, 0.1) is 11.8 Å². The molecule has 6 N–H and O–H groups in total. The standard InChI is InChI=1S/C27H39N5O5/c1-15(2)12-19(28)26(35)32-11-7-10-22(32)25(34)30-21(24(33)31-23(16(3)4)27(36)37)13-17-14-29-20-9-6-5-8-18(17)20/h5-6,8-9,14-16,19,21-23,29H,7,10-13,28H2,1-4H3,(H,30,34)(H,31,33)(H,36,37). The van der Waals surface area contributed by atoms with Crippen molar-refractivity contribution >= 4 is 34.6 Å². The Kier molecular flexibility index (Phi) is 9.31. The molecule has 0 bridgehead atoms. The molecule has 1 fully saturated rings. The zero-order chi connectivity index (χ0) is 27.3. The number of carbonyl (C=O) groups excluding carboxylic acids is 3. The Hall–Kier alpha value is -3.40. The molecular weight excluding hydrogens is 474 g/mol. The fourth-order valence-electron chi connectivity index (χ4n) is 4.89. The van der Waals surface area contributed by atoms with Crippen LogP contribution in [0.15, 0.2) is 30.5 Å². The van der Waals surface area contributed by atoms with Crippen molar-refractivity contribution < 1.29 is 24.3 Å². The van der Waals surface area contributed by atoms with Crippen molar-refractivity contribution in [2.24, 2.45) is 17.6 Å². The predicted molar refractivity (Wildman–Crippen MR) is 141 cm³/mol. The van der Waals surface area contributed by atoms with Crippen LogP contribution in [0.25, 0.3) is 10.9 Å². The Bertz CT molecular complexity index is 1130. The third-order valence-electron chi connectivity index (χ3n) is 6.84. The maximum absolute atomic E-state index is 13.4. The molecule has 3 rings (SSSR count). The number of aromatic nitrogens is 1. The molecule has 0 spiro atoms. The van der Waals surface area contributed by atoms with Crippen molar-refractivity contribution in [1.82, 2.24) is 20.5 Å². The van der Waals surface area contributed by atoms with Crippen molar-refractivity contribution in [2.45, 2.75) is 77.5 Å². The average molecular weight is 514 g/mol. The molecule has 4 atom stereocenters. The Balaban J connectivity index is 1.82. The number of nitrogens with two attached hydrogens (primary N) is 1. The topological polar surface area (TPSA) is 158 Å². The summed E-state index contributed by atoms with van der Waals surface area (Å²) in [6.45, 7) is 7.80. The molecule has 1 aromatic carbocycles. The molecule has 2 aromatic rings. The zero-order valence-electron chi connectivity index (χ0n) is 22.0. The summed E-state index contributed by atoms with van der Waals surface area (Å²) < 4.78 is 0. The molecule has 1 aliphatic rings. The number of amides is 3. The van der Waals surface area contributed by atoms with Crippen molar-refractivity contribution in [2.75, 3.05) is 6.54 Å². The molecule has 10 nitrogen and oxygen atoms in total. The van der Waals surface area contributed by atoms with Gasteiger partial charge in [0.15, 0.2) is 0 Å². The number of nitrogens with zero attached hydrogens (tertiary/aromatic N) is 1. The first-order valence-electron chi connectivity index (χ1n) is 12.9. The maximum Gasteiger partial charge on any atom is 0.326 e. The summed E-state index contributed by atoms with van der Waals surface area (Å²) in [5.41, 5.74) is 7.82. The quantitative estimate of drug-likeness (QED) is 0.308. The molecule has 3 amide bonds. The van der Waals surface area contributed by atoms with Gasteiger partial charge in [0, 0.05) is 30.1 Å². The second-order valence-electron chi connectivity index (χ2n) is 10.6. The van der Waals surface area contributed by atoms with Crippen LogP contribution in [0.2, 0.25) is 0 Å². The number of carbonyl (C=O) groups is 4. The van der Waals surface area contributed by atoms with Crippen LogP contribution >= 0.6 is 0 Å². The van der Waals surface area contributed by atoms with Gasteiger partial charge >= 0.3 is 5.97 Å². The van der Waals surface area contributed by atoms with Gasteiger partial charge in [-0.05, 0) is 42.7 Å². The molecule has 1 saturated heterocycles. The third kappa shape index (κ3) is 6.88. The van der Waals surface area contributed by atoms with Crippen molar-refractivity contribution in [1.29, 1.82) is 0 Å². The third-order valence-corrected chi connectivity index (χ3v) is 6.84. The summed E-state index contributed by atoms with van der Waals surface area (Å²) in [6, 6.07) is 4.04. The lowest BCUT2D eigenvalue weighted by atomic mass is 10.0. The Morgan fingerprint density at radius 1 is 1.14 bits per heavy atom. The lowest BCUT2D eigenvalue weighted by molar-refractivity contribution is -0.144. The van der Waals surface area contributed by atoms with Gasteiger partial charge in [0.2, 0.25) is 17.7 Å². The first-order valence-corrected chi connectivity index (χ1v) is 12.9. The lowest BCUT2D eigenvalue weighted by Crippen LogP contribution is -2.57. The van der Waals surface area contributed by atoms with Gasteiger partial charge in [-0.3, -0.25) is 14.4 Å². The minimum Gasteiger partial charge on any atom is -0.480 e. The Morgan fingerprint density at radius 3 is 2.49 bits per heavy atom. The number of fused-ring (bicyclic) bond motifs is 1. The summed E-state index contributed by atoms with van der Waals surface area (Å²) in [6.07, 6.45) is 3.58. The largest absolute Gasteiger partial charge is 0.480 e. The van der Waals surface area contributed by atoms with E-state index in [0.29, 0.717) is 25.8 Å². The summed E-state index contributed by atoms with van der Waals surface area (Å²) >= 11 is 0. The number of para-hydroxylation sites is 1. The second-order valence-corrected chi connectivity index (χ2v) is 10.6. The average Bonchev–Trinajstić information content (AvgIpc) is 3.48. The molecule has 4 unspecified atom stereocenters. The van der Waals surface area contributed by atoms with Crippen LogP contribution in [0.3, 0.4) is 0 Å². The SMILES string of the molecule is CC(C)CC(N)C(=O)N1CCCC1C(=O)NC(Cc1c[nH]c2ccccc12)C(=O)NC(C(=O)O)C(C)C. The second kappa shape index (κ2) is 12.2. The van der Waals surface area contributed by atoms with E-state index in [9.17, 15) is 24.3 Å². The highest BCUT2D eigenvalue weighted by atomic mass is 16.4. The van der Waals surface area contributed by atoms with Crippen LogP contribution in [0.4, 0.5) is 0 Å². The van der Waals surface area contributed by atoms with Gasteiger partial charge in [0.1, 0.15) is 18.1 Å². The Labute approximate surface area is 217 Å². The van der Waals surface area contributed by atoms with E-state index in [0.717, 1.165) is 16.5 Å². The highest BCUT2D eigenvalue weighted by Crippen LogP contribution is 2.22. The summed E-state index contributed by atoms with van der Waals surface area (Å²) in [5.74, 6) is -2.56. The predicted octanol–water partition coefficient (Wildman–Crippen LogP) is 1.79. The van der Waals surface area contributed by atoms with E-state index in [1.807, 2.05) is 38.1 Å². The van der Waals surface area contributed by atoms with E-state index in [4.69, 9.17) is 5.73 Å². The number of rotatable bonds is 11. The molecular formula is C27H39N5O5. The number of carboxylic acids is 1. The van der Waals surface area contributed by atoms with Crippen LogP contribution in [-0.4, -0.2) is 69.4 Å². The van der Waals surface area contributed by atoms with E-state index in [2.05, 4.69) is 15.6 Å². The first-order chi connectivity index (χ1) is 17.5. The molecule has 10 heteroatoms. The van der Waals surface area contributed by atoms with E-state index in [1.165, 1.54) is 4.90 Å². The monoisotopic (exact) mass is 513 g/mol. The molecule has 0 saturated carbocycles. The first kappa shape index (κ1) is 28.2. The number of hydrogen-bond acceptors (Lipinski definition) is 5. The minimum absolute atomic E-state index is 0.152. The number of likely N-dealkylation sites (tertiary alicyclic amines) is 1. The summed E-state index contributed by atoms with van der Waals surface area (Å²) in [4.78, 5) is 56.1. The number of H-pyrrole nitrogens is 1. The van der Waals surface area contributed by atoms with Gasteiger partial charge in [0.05, 0.1) is 6.04 Å². The molecule has 1 aromatic heterocycles. The van der Waals surface area contributed by atoms with Crippen LogP contribution < -0.4 is 16.4 Å². The van der Waals surface area contributed by atoms with Crippen LogP contribution in [0.1, 0.15) is 52.5 Å². The molecule has 0 radical (unpaired) electrons. The molecule has 2 heterocycles. The van der Waals surface area contributed by atoms with Crippen LogP contribution in [-0.2, 0) is 25.6 Å². The number of nitrogens with one attached hydrogen (secondary N) is 3. The van der Waals surface area contributed by atoms with Crippen LogP contribution in [0.5, 0.6) is 0 Å². The lowest BCUT2D eigenvalue weighted by Gasteiger charge is -2.29. The Morgan fingerprint density at radius 2 is 1.84 bits per heavy atom. The normalized spacial score (nSPS) is 18.1. The number of hydrogen-bond donors (Lipinski definition) is 5. The number of aliphatic carboxylic acids is 1. The minimum atomic E-state index is -1.15. The van der Waals surface area contributed by atoms with Gasteiger partial charge < -0.3 is 31.4 Å². The molecule has 1 aliphatic heterocycles. The number of benzene rings is 1. The molecule has 202 valence electrons. The van der Waals surface area contributed by atoms with E-state index in [-0.39, 0.29) is 24.2 Å². The van der Waals surface area contributed by atoms with E-state index < -0.39 is 42.0 Å². The summed E-state index contributed by atoms with van der Waals surface area (Å²) in [7, 11) is 0. The maximum atomic E-state index is 13.4. The highest BCUT2D eigenvalue weighted by Gasteiger charge is 2.38. The molecule has 0 aliphatic carbocycles. The van der Waals surface area contributed by atoms with E-state index >= 15 is 0 Å². The van der Waals surface area contributed by atoms with Crippen molar-refractivity contribution in [3.05, 3.63) is 36.0 Å².